The Labute approximate surface area is 64.4 Å². The molecule has 0 unspecified atom stereocenters. The monoisotopic (exact) mass is 144 g/mol. The molecule has 0 radical (unpaired) electrons. The molecule has 2 nitrogen and oxygen atoms in total. The highest BCUT2D eigenvalue weighted by atomic mass is 15.3. The summed E-state index contributed by atoms with van der Waals surface area (Å²) >= 11 is 0. The van der Waals surface area contributed by atoms with E-state index in [0.717, 1.165) is 12.5 Å². The second kappa shape index (κ2) is 7.03. The van der Waals surface area contributed by atoms with Crippen molar-refractivity contribution in [1.82, 2.24) is 10.9 Å². The largest absolute Gasteiger partial charge is 0.261 e. The minimum Gasteiger partial charge on any atom is -0.261 e. The molecule has 0 amide bonds. The summed E-state index contributed by atoms with van der Waals surface area (Å²) in [5, 5.41) is 0. The molecule has 62 valence electrons. The maximum atomic E-state index is 3.10. The molecule has 0 bridgehead atoms. The van der Waals surface area contributed by atoms with Crippen molar-refractivity contribution in [3.63, 3.8) is 0 Å². The normalized spacial score (nSPS) is 10.8. The number of rotatable bonds is 6. The van der Waals surface area contributed by atoms with Crippen LogP contribution in [0.25, 0.3) is 0 Å². The molecular formula is C8H20N2. The Morgan fingerprint density at radius 2 is 1.80 bits per heavy atom. The zero-order valence-corrected chi connectivity index (χ0v) is 7.41. The Balaban J connectivity index is 3.09. The fraction of sp³-hybridized carbons (Fsp3) is 1.00. The van der Waals surface area contributed by atoms with E-state index in [1.165, 1.54) is 19.3 Å². The number of hydrazine groups is 1. The molecule has 2 N–H and O–H groups in total. The Hall–Kier alpha value is -0.0800. The van der Waals surface area contributed by atoms with E-state index in [1.54, 1.807) is 0 Å². The Kier molecular flexibility index (Phi) is 6.98. The van der Waals surface area contributed by atoms with Crippen molar-refractivity contribution >= 4 is 0 Å². The van der Waals surface area contributed by atoms with Crippen molar-refractivity contribution in [2.45, 2.75) is 33.1 Å². The molecule has 2 heteroatoms. The van der Waals surface area contributed by atoms with Crippen molar-refractivity contribution < 1.29 is 0 Å². The van der Waals surface area contributed by atoms with E-state index in [1.807, 2.05) is 7.05 Å². The first kappa shape index (κ1) is 9.92. The molecule has 10 heavy (non-hydrogen) atoms. The fourth-order valence-electron chi connectivity index (χ4n) is 1.10. The molecule has 0 heterocycles. The first-order valence-electron chi connectivity index (χ1n) is 4.24. The third-order valence-electron chi connectivity index (χ3n) is 2.01. The molecule has 0 aromatic carbocycles. The van der Waals surface area contributed by atoms with Gasteiger partial charge in [0, 0.05) is 6.54 Å². The van der Waals surface area contributed by atoms with E-state index in [0.29, 0.717) is 0 Å². The number of hydrogen-bond donors (Lipinski definition) is 2. The molecule has 0 aromatic rings. The average molecular weight is 144 g/mol. The summed E-state index contributed by atoms with van der Waals surface area (Å²) in [6.07, 6.45) is 3.90. The summed E-state index contributed by atoms with van der Waals surface area (Å²) in [6.45, 7) is 5.60. The van der Waals surface area contributed by atoms with Gasteiger partial charge in [0.15, 0.2) is 0 Å². The van der Waals surface area contributed by atoms with E-state index < -0.39 is 0 Å². The SMILES string of the molecule is CCC(CC)CCNNC. The van der Waals surface area contributed by atoms with Gasteiger partial charge in [-0.15, -0.1) is 0 Å². The van der Waals surface area contributed by atoms with Gasteiger partial charge >= 0.3 is 0 Å². The van der Waals surface area contributed by atoms with Crippen molar-refractivity contribution in [2.75, 3.05) is 13.6 Å². The van der Waals surface area contributed by atoms with Crippen LogP contribution in [0.5, 0.6) is 0 Å². The predicted octanol–water partition coefficient (Wildman–Crippen LogP) is 1.54. The van der Waals surface area contributed by atoms with Crippen LogP contribution >= 0.6 is 0 Å². The highest BCUT2D eigenvalue weighted by Gasteiger charge is 2.00. The summed E-state index contributed by atoms with van der Waals surface area (Å²) in [7, 11) is 1.91. The summed E-state index contributed by atoms with van der Waals surface area (Å²) in [5.41, 5.74) is 6.02. The predicted molar refractivity (Wildman–Crippen MR) is 45.8 cm³/mol. The third-order valence-corrected chi connectivity index (χ3v) is 2.01. The minimum absolute atomic E-state index is 0.904. The van der Waals surface area contributed by atoms with Crippen LogP contribution in [0.4, 0.5) is 0 Å². The van der Waals surface area contributed by atoms with Gasteiger partial charge in [-0.3, -0.25) is 10.9 Å². The summed E-state index contributed by atoms with van der Waals surface area (Å²) < 4.78 is 0. The van der Waals surface area contributed by atoms with Gasteiger partial charge in [0.25, 0.3) is 0 Å². The molecule has 0 fully saturated rings. The van der Waals surface area contributed by atoms with Crippen molar-refractivity contribution in [3.8, 4) is 0 Å². The molecular weight excluding hydrogens is 124 g/mol. The van der Waals surface area contributed by atoms with Gasteiger partial charge < -0.3 is 0 Å². The molecule has 0 rings (SSSR count). The lowest BCUT2D eigenvalue weighted by Crippen LogP contribution is -2.29. The molecule has 0 saturated carbocycles. The topological polar surface area (TPSA) is 24.1 Å². The zero-order chi connectivity index (χ0) is 7.82. The lowest BCUT2D eigenvalue weighted by molar-refractivity contribution is 0.425. The maximum absolute atomic E-state index is 3.10. The van der Waals surface area contributed by atoms with Crippen molar-refractivity contribution in [1.29, 1.82) is 0 Å². The van der Waals surface area contributed by atoms with Crippen LogP contribution < -0.4 is 10.9 Å². The molecule has 0 aliphatic carbocycles. The van der Waals surface area contributed by atoms with Gasteiger partial charge in [-0.25, -0.2) is 0 Å². The first-order valence-corrected chi connectivity index (χ1v) is 4.24. The molecule has 0 saturated heterocycles. The Morgan fingerprint density at radius 1 is 1.20 bits per heavy atom. The summed E-state index contributed by atoms with van der Waals surface area (Å²) in [5.74, 6) is 0.904. The van der Waals surface area contributed by atoms with E-state index in [4.69, 9.17) is 0 Å². The van der Waals surface area contributed by atoms with Crippen LogP contribution in [0.2, 0.25) is 0 Å². The zero-order valence-electron chi connectivity index (χ0n) is 7.41. The summed E-state index contributed by atoms with van der Waals surface area (Å²) in [4.78, 5) is 0. The van der Waals surface area contributed by atoms with E-state index in [9.17, 15) is 0 Å². The third kappa shape index (κ3) is 4.77. The van der Waals surface area contributed by atoms with Crippen LogP contribution in [0.3, 0.4) is 0 Å². The first-order chi connectivity index (χ1) is 4.85. The van der Waals surface area contributed by atoms with Crippen LogP contribution in [-0.4, -0.2) is 13.6 Å². The molecule has 0 aliphatic heterocycles. The number of hydrogen-bond acceptors (Lipinski definition) is 2. The smallest absolute Gasteiger partial charge is 0.0102 e. The van der Waals surface area contributed by atoms with Gasteiger partial charge in [-0.2, -0.15) is 0 Å². The minimum atomic E-state index is 0.904. The van der Waals surface area contributed by atoms with Gasteiger partial charge in [0.1, 0.15) is 0 Å². The quantitative estimate of drug-likeness (QED) is 0.436. The van der Waals surface area contributed by atoms with Gasteiger partial charge in [-0.05, 0) is 19.4 Å². The van der Waals surface area contributed by atoms with Crippen LogP contribution in [0, 0.1) is 5.92 Å². The molecule has 0 aromatic heterocycles. The highest BCUT2D eigenvalue weighted by molar-refractivity contribution is 4.55. The molecule has 0 spiro atoms. The summed E-state index contributed by atoms with van der Waals surface area (Å²) in [6, 6.07) is 0. The van der Waals surface area contributed by atoms with E-state index in [2.05, 4.69) is 24.7 Å². The maximum Gasteiger partial charge on any atom is 0.0102 e. The van der Waals surface area contributed by atoms with Gasteiger partial charge in [0.05, 0.1) is 0 Å². The lowest BCUT2D eigenvalue weighted by Gasteiger charge is -2.11. The van der Waals surface area contributed by atoms with Gasteiger partial charge in [-0.1, -0.05) is 26.7 Å². The van der Waals surface area contributed by atoms with Crippen LogP contribution in [0.15, 0.2) is 0 Å². The van der Waals surface area contributed by atoms with Gasteiger partial charge in [0.2, 0.25) is 0 Å². The molecule has 0 aliphatic rings. The van der Waals surface area contributed by atoms with E-state index in [-0.39, 0.29) is 0 Å². The lowest BCUT2D eigenvalue weighted by atomic mass is 10.00. The highest BCUT2D eigenvalue weighted by Crippen LogP contribution is 2.10. The van der Waals surface area contributed by atoms with Crippen molar-refractivity contribution in [2.24, 2.45) is 5.92 Å². The molecule has 0 atom stereocenters. The average Bonchev–Trinajstić information content (AvgIpc) is 1.99. The van der Waals surface area contributed by atoms with E-state index >= 15 is 0 Å². The standard InChI is InChI=1S/C8H20N2/c1-4-8(5-2)6-7-10-9-3/h8-10H,4-7H2,1-3H3. The van der Waals surface area contributed by atoms with Crippen LogP contribution in [-0.2, 0) is 0 Å². The number of nitrogens with one attached hydrogen (secondary N) is 2. The second-order valence-corrected chi connectivity index (χ2v) is 2.65. The Bertz CT molecular complexity index is 60.3. The Morgan fingerprint density at radius 3 is 2.20 bits per heavy atom. The van der Waals surface area contributed by atoms with Crippen molar-refractivity contribution in [3.05, 3.63) is 0 Å². The fourth-order valence-corrected chi connectivity index (χ4v) is 1.10. The van der Waals surface area contributed by atoms with Crippen LogP contribution in [0.1, 0.15) is 33.1 Å². The second-order valence-electron chi connectivity index (χ2n) is 2.65.